The maximum Gasteiger partial charge on any atom is 0.201 e. The van der Waals surface area contributed by atoms with Gasteiger partial charge in [0.1, 0.15) is 11.3 Å². The standard InChI is InChI=1S/C15H23N3O3/c1-11(2)21-13-6-4-5-12-14(13)17-15(16)18(12)7-8-20-10-9-19-3/h4-6,11H,7-10H2,1-3H3,(H2,16,17). The molecule has 0 bridgehead atoms. The smallest absolute Gasteiger partial charge is 0.201 e. The van der Waals surface area contributed by atoms with Gasteiger partial charge >= 0.3 is 0 Å². The van der Waals surface area contributed by atoms with Gasteiger partial charge in [-0.05, 0) is 26.0 Å². The SMILES string of the molecule is COCCOCCn1c(N)nc2c(OC(C)C)cccc21. The zero-order chi connectivity index (χ0) is 15.2. The zero-order valence-corrected chi connectivity index (χ0v) is 12.8. The number of nitrogens with two attached hydrogens (primary N) is 1. The number of hydrogen-bond donors (Lipinski definition) is 1. The lowest BCUT2D eigenvalue weighted by molar-refractivity contribution is 0.0671. The number of methoxy groups -OCH3 is 1. The van der Waals surface area contributed by atoms with Crippen LogP contribution in [0.1, 0.15) is 13.8 Å². The Bertz CT molecular complexity index is 581. The molecule has 116 valence electrons. The van der Waals surface area contributed by atoms with E-state index in [4.69, 9.17) is 19.9 Å². The van der Waals surface area contributed by atoms with E-state index in [1.54, 1.807) is 7.11 Å². The van der Waals surface area contributed by atoms with Crippen LogP contribution >= 0.6 is 0 Å². The van der Waals surface area contributed by atoms with Gasteiger partial charge in [-0.15, -0.1) is 0 Å². The maximum absolute atomic E-state index is 6.01. The van der Waals surface area contributed by atoms with Gasteiger partial charge in [-0.25, -0.2) is 4.98 Å². The number of hydrogen-bond acceptors (Lipinski definition) is 5. The van der Waals surface area contributed by atoms with Crippen LogP contribution in [-0.2, 0) is 16.0 Å². The van der Waals surface area contributed by atoms with E-state index >= 15 is 0 Å². The predicted molar refractivity (Wildman–Crippen MR) is 82.6 cm³/mol. The minimum atomic E-state index is 0.0966. The Balaban J connectivity index is 2.14. The summed E-state index contributed by atoms with van der Waals surface area (Å²) in [7, 11) is 1.65. The number of nitrogen functional groups attached to an aromatic ring is 1. The first-order chi connectivity index (χ1) is 10.1. The van der Waals surface area contributed by atoms with E-state index < -0.39 is 0 Å². The second-order valence-electron chi connectivity index (χ2n) is 5.02. The van der Waals surface area contributed by atoms with Gasteiger partial charge in [0, 0.05) is 13.7 Å². The number of anilines is 1. The highest BCUT2D eigenvalue weighted by Crippen LogP contribution is 2.27. The largest absolute Gasteiger partial charge is 0.489 e. The highest BCUT2D eigenvalue weighted by molar-refractivity contribution is 5.84. The second-order valence-corrected chi connectivity index (χ2v) is 5.02. The Morgan fingerprint density at radius 2 is 2.05 bits per heavy atom. The first kappa shape index (κ1) is 15.6. The minimum absolute atomic E-state index is 0.0966. The molecular weight excluding hydrogens is 270 g/mol. The van der Waals surface area contributed by atoms with Crippen LogP contribution in [0.2, 0.25) is 0 Å². The molecule has 0 spiro atoms. The number of rotatable bonds is 8. The van der Waals surface area contributed by atoms with E-state index in [2.05, 4.69) is 4.98 Å². The summed E-state index contributed by atoms with van der Waals surface area (Å²) in [6.45, 7) is 6.36. The third-order valence-corrected chi connectivity index (χ3v) is 3.03. The van der Waals surface area contributed by atoms with Crippen molar-refractivity contribution in [2.45, 2.75) is 26.5 Å². The molecule has 0 radical (unpaired) electrons. The molecule has 0 saturated heterocycles. The number of nitrogens with zero attached hydrogens (tertiary/aromatic N) is 2. The fourth-order valence-corrected chi connectivity index (χ4v) is 2.12. The summed E-state index contributed by atoms with van der Waals surface area (Å²) in [4.78, 5) is 4.42. The van der Waals surface area contributed by atoms with Crippen LogP contribution in [0.4, 0.5) is 5.95 Å². The van der Waals surface area contributed by atoms with Crippen molar-refractivity contribution in [2.24, 2.45) is 0 Å². The Kier molecular flexibility index (Phi) is 5.41. The van der Waals surface area contributed by atoms with Crippen molar-refractivity contribution in [3.05, 3.63) is 18.2 Å². The zero-order valence-electron chi connectivity index (χ0n) is 12.8. The number of ether oxygens (including phenoxy) is 3. The molecular formula is C15H23N3O3. The van der Waals surface area contributed by atoms with Crippen molar-refractivity contribution < 1.29 is 14.2 Å². The van der Waals surface area contributed by atoms with Crippen molar-refractivity contribution in [3.63, 3.8) is 0 Å². The molecule has 2 N–H and O–H groups in total. The molecule has 2 rings (SSSR count). The van der Waals surface area contributed by atoms with Crippen LogP contribution in [0, 0.1) is 0 Å². The number of fused-ring (bicyclic) bond motifs is 1. The predicted octanol–water partition coefficient (Wildman–Crippen LogP) is 2.07. The van der Waals surface area contributed by atoms with Gasteiger partial charge in [-0.1, -0.05) is 6.07 Å². The molecule has 0 amide bonds. The van der Waals surface area contributed by atoms with E-state index in [1.165, 1.54) is 0 Å². The molecule has 1 aromatic heterocycles. The molecule has 2 aromatic rings. The van der Waals surface area contributed by atoms with Crippen LogP contribution < -0.4 is 10.5 Å². The normalized spacial score (nSPS) is 11.4. The fourth-order valence-electron chi connectivity index (χ4n) is 2.12. The van der Waals surface area contributed by atoms with E-state index in [0.29, 0.717) is 32.3 Å². The van der Waals surface area contributed by atoms with E-state index in [0.717, 1.165) is 16.8 Å². The third-order valence-electron chi connectivity index (χ3n) is 3.03. The van der Waals surface area contributed by atoms with Gasteiger partial charge in [-0.2, -0.15) is 0 Å². The van der Waals surface area contributed by atoms with Crippen molar-refractivity contribution in [2.75, 3.05) is 32.7 Å². The van der Waals surface area contributed by atoms with Crippen LogP contribution in [0.15, 0.2) is 18.2 Å². The van der Waals surface area contributed by atoms with E-state index in [-0.39, 0.29) is 6.10 Å². The van der Waals surface area contributed by atoms with Crippen molar-refractivity contribution in [3.8, 4) is 5.75 Å². The Labute approximate surface area is 124 Å². The Morgan fingerprint density at radius 1 is 1.24 bits per heavy atom. The number of imidazole rings is 1. The molecule has 0 aliphatic rings. The van der Waals surface area contributed by atoms with E-state index in [1.807, 2.05) is 36.6 Å². The van der Waals surface area contributed by atoms with Crippen LogP contribution in [-0.4, -0.2) is 42.6 Å². The first-order valence-electron chi connectivity index (χ1n) is 7.11. The van der Waals surface area contributed by atoms with E-state index in [9.17, 15) is 0 Å². The Hall–Kier alpha value is -1.79. The van der Waals surface area contributed by atoms with Gasteiger partial charge < -0.3 is 24.5 Å². The molecule has 0 aliphatic heterocycles. The maximum atomic E-state index is 6.01. The molecule has 21 heavy (non-hydrogen) atoms. The molecule has 0 atom stereocenters. The average Bonchev–Trinajstić information content (AvgIpc) is 2.76. The number of para-hydroxylation sites is 1. The highest BCUT2D eigenvalue weighted by atomic mass is 16.5. The molecule has 0 saturated carbocycles. The highest BCUT2D eigenvalue weighted by Gasteiger charge is 2.13. The third kappa shape index (κ3) is 3.86. The van der Waals surface area contributed by atoms with Crippen LogP contribution in [0.3, 0.4) is 0 Å². The second kappa shape index (κ2) is 7.28. The summed E-state index contributed by atoms with van der Waals surface area (Å²) < 4.78 is 18.1. The summed E-state index contributed by atoms with van der Waals surface area (Å²) in [5.41, 5.74) is 7.76. The fraction of sp³-hybridized carbons (Fsp3) is 0.533. The molecule has 6 nitrogen and oxygen atoms in total. The lowest BCUT2D eigenvalue weighted by Crippen LogP contribution is -2.11. The molecule has 0 aliphatic carbocycles. The molecule has 0 fully saturated rings. The quantitative estimate of drug-likeness (QED) is 0.754. The van der Waals surface area contributed by atoms with Gasteiger partial charge in [-0.3, -0.25) is 0 Å². The minimum Gasteiger partial charge on any atom is -0.489 e. The lowest BCUT2D eigenvalue weighted by atomic mass is 10.3. The van der Waals surface area contributed by atoms with Crippen molar-refractivity contribution in [1.82, 2.24) is 9.55 Å². The van der Waals surface area contributed by atoms with Crippen LogP contribution in [0.25, 0.3) is 11.0 Å². The topological polar surface area (TPSA) is 71.5 Å². The van der Waals surface area contributed by atoms with Gasteiger partial charge in [0.25, 0.3) is 0 Å². The first-order valence-corrected chi connectivity index (χ1v) is 7.11. The molecule has 1 aromatic carbocycles. The average molecular weight is 293 g/mol. The molecule has 1 heterocycles. The summed E-state index contributed by atoms with van der Waals surface area (Å²) in [6.07, 6.45) is 0.0966. The molecule has 0 unspecified atom stereocenters. The van der Waals surface area contributed by atoms with Crippen LogP contribution in [0.5, 0.6) is 5.75 Å². The Morgan fingerprint density at radius 3 is 2.76 bits per heavy atom. The van der Waals surface area contributed by atoms with Gasteiger partial charge in [0.05, 0.1) is 31.4 Å². The van der Waals surface area contributed by atoms with Crippen molar-refractivity contribution in [1.29, 1.82) is 0 Å². The van der Waals surface area contributed by atoms with Crippen molar-refractivity contribution >= 4 is 17.0 Å². The number of aromatic nitrogens is 2. The number of benzene rings is 1. The van der Waals surface area contributed by atoms with Gasteiger partial charge in [0.15, 0.2) is 0 Å². The molecule has 6 heteroatoms. The summed E-state index contributed by atoms with van der Waals surface area (Å²) in [5, 5.41) is 0. The van der Waals surface area contributed by atoms with Gasteiger partial charge in [0.2, 0.25) is 5.95 Å². The summed E-state index contributed by atoms with van der Waals surface area (Å²) >= 11 is 0. The summed E-state index contributed by atoms with van der Waals surface area (Å²) in [6, 6.07) is 5.85. The monoisotopic (exact) mass is 293 g/mol. The summed E-state index contributed by atoms with van der Waals surface area (Å²) in [5.74, 6) is 1.23. The lowest BCUT2D eigenvalue weighted by Gasteiger charge is -2.10.